The number of carboxylic acids is 1. The summed E-state index contributed by atoms with van der Waals surface area (Å²) in [7, 11) is 0. The van der Waals surface area contributed by atoms with E-state index in [9.17, 15) is 9.90 Å². The van der Waals surface area contributed by atoms with E-state index >= 15 is 0 Å². The summed E-state index contributed by atoms with van der Waals surface area (Å²) in [4.78, 5) is 12.0. The minimum absolute atomic E-state index is 0.0950. The van der Waals surface area contributed by atoms with Crippen molar-refractivity contribution in [1.29, 1.82) is 0 Å². The molecule has 0 aromatic rings. The Hall–Kier alpha value is 0.220. The molecule has 0 aliphatic rings. The Kier molecular flexibility index (Phi) is 4.25. The topological polar surface area (TPSA) is 67.8 Å². The van der Waals surface area contributed by atoms with Gasteiger partial charge in [0.2, 0.25) is 0 Å². The Morgan fingerprint density at radius 2 is 2.50 bits per heavy atom. The summed E-state index contributed by atoms with van der Waals surface area (Å²) < 4.78 is 0.743. The van der Waals surface area contributed by atoms with Gasteiger partial charge in [0.1, 0.15) is 0 Å². The molecule has 0 heterocycles. The number of quaternary nitrogens is 1. The number of hydrogen-bond donors (Lipinski definition) is 1. The van der Waals surface area contributed by atoms with Crippen LogP contribution >= 0.6 is 0 Å². The quantitative estimate of drug-likeness (QED) is 0.546. The summed E-state index contributed by atoms with van der Waals surface area (Å²) in [5.74, 6) is -1.02. The van der Waals surface area contributed by atoms with Gasteiger partial charge in [0.15, 0.2) is 0 Å². The fourth-order valence-corrected chi connectivity index (χ4v) is 1.81. The molecule has 0 aromatic carbocycles. The fourth-order valence-electron chi connectivity index (χ4n) is 0.269. The van der Waals surface area contributed by atoms with E-state index in [-0.39, 0.29) is 20.9 Å². The van der Waals surface area contributed by atoms with E-state index in [0.717, 1.165) is 4.47 Å². The number of hydrogen-bond acceptors (Lipinski definition) is 2. The summed E-state index contributed by atoms with van der Waals surface area (Å²) in [5.41, 5.74) is 3.40. The zero-order chi connectivity index (χ0) is 6.57. The third-order valence-corrected chi connectivity index (χ3v) is 2.80. The molecule has 0 saturated carbocycles. The van der Waals surface area contributed by atoms with Gasteiger partial charge in [-0.2, -0.15) is 0 Å². The van der Waals surface area contributed by atoms with Crippen LogP contribution in [-0.4, -0.2) is 32.9 Å². The molecule has 0 unspecified atom stereocenters. The van der Waals surface area contributed by atoms with E-state index in [1.165, 1.54) is 0 Å². The van der Waals surface area contributed by atoms with Crippen LogP contribution in [-0.2, 0) is 4.79 Å². The Morgan fingerprint density at radius 1 is 2.00 bits per heavy atom. The van der Waals surface area contributed by atoms with Crippen LogP contribution in [0, 0.1) is 0 Å². The van der Waals surface area contributed by atoms with Crippen molar-refractivity contribution in [2.45, 2.75) is 15.5 Å². The van der Waals surface area contributed by atoms with E-state index in [0.29, 0.717) is 0 Å². The van der Waals surface area contributed by atoms with Crippen LogP contribution < -0.4 is 10.8 Å². The van der Waals surface area contributed by atoms with Crippen LogP contribution in [0.4, 0.5) is 0 Å². The van der Waals surface area contributed by atoms with Gasteiger partial charge in [-0.15, -0.1) is 0 Å². The van der Waals surface area contributed by atoms with Crippen molar-refractivity contribution in [3.63, 3.8) is 0 Å². The van der Waals surface area contributed by atoms with Crippen LogP contribution in [0.2, 0.25) is 9.44 Å². The summed E-state index contributed by atoms with van der Waals surface area (Å²) in [6.45, 7) is 0. The van der Waals surface area contributed by atoms with Gasteiger partial charge in [-0.05, 0) is 0 Å². The number of rotatable bonds is 3. The zero-order valence-electron chi connectivity index (χ0n) is 4.72. The van der Waals surface area contributed by atoms with E-state index in [1.54, 1.807) is 0 Å². The van der Waals surface area contributed by atoms with Gasteiger partial charge in [0, 0.05) is 0 Å². The molecule has 3 nitrogen and oxygen atoms in total. The predicted molar refractivity (Wildman–Crippen MR) is 28.1 cm³/mol. The molecule has 0 aliphatic carbocycles. The Labute approximate surface area is 58.3 Å². The monoisotopic (exact) mass is 233 g/mol. The molecule has 3 N–H and O–H groups in total. The van der Waals surface area contributed by atoms with Crippen LogP contribution in [0.1, 0.15) is 0 Å². The van der Waals surface area contributed by atoms with Crippen molar-refractivity contribution in [1.82, 2.24) is 0 Å². The second kappa shape index (κ2) is 4.13. The summed E-state index contributed by atoms with van der Waals surface area (Å²) in [5, 5.41) is 9.94. The molecule has 1 atom stereocenters. The third kappa shape index (κ3) is 3.25. The molecule has 0 aliphatic heterocycles. The molecule has 0 rings (SSSR count). The minimum atomic E-state index is -1.02. The van der Waals surface area contributed by atoms with Crippen molar-refractivity contribution in [2.75, 3.05) is 0 Å². The first-order valence-corrected chi connectivity index (χ1v) is 6.19. The molecular formula is C4H9NO2Te. The first-order chi connectivity index (χ1) is 3.68. The van der Waals surface area contributed by atoms with Crippen LogP contribution in [0.5, 0.6) is 0 Å². The van der Waals surface area contributed by atoms with E-state index in [2.05, 4.69) is 5.73 Å². The molecule has 0 radical (unpaired) electrons. The Balaban J connectivity index is 3.32. The van der Waals surface area contributed by atoms with Gasteiger partial charge in [-0.25, -0.2) is 0 Å². The van der Waals surface area contributed by atoms with Gasteiger partial charge in [0.25, 0.3) is 0 Å². The molecule has 0 saturated heterocycles. The molecule has 48 valence electrons. The van der Waals surface area contributed by atoms with Crippen molar-refractivity contribution in [3.05, 3.63) is 0 Å². The van der Waals surface area contributed by atoms with E-state index in [4.69, 9.17) is 0 Å². The predicted octanol–water partition coefficient (Wildman–Crippen LogP) is -2.48. The van der Waals surface area contributed by atoms with Gasteiger partial charge in [-0.1, -0.05) is 0 Å². The standard InChI is InChI=1S/C4H9NO2Te/c1-8-2-3(5)4(6)7/h3H,2,5H2,1H3,(H,6,7)/t3-/m0/s1. The third-order valence-electron chi connectivity index (χ3n) is 0.701. The zero-order valence-corrected chi connectivity index (χ0v) is 7.05. The average Bonchev–Trinajstić information content (AvgIpc) is 1.67. The van der Waals surface area contributed by atoms with Gasteiger partial charge in [0.05, 0.1) is 0 Å². The number of carbonyl (C=O) groups is 1. The van der Waals surface area contributed by atoms with Crippen molar-refractivity contribution in [3.8, 4) is 0 Å². The second-order valence-electron chi connectivity index (χ2n) is 1.47. The number of carboxylic acid groups (broad SMARTS) is 1. The number of aliphatic carboxylic acids is 1. The first-order valence-electron chi connectivity index (χ1n) is 2.21. The first kappa shape index (κ1) is 8.22. The van der Waals surface area contributed by atoms with E-state index < -0.39 is 12.0 Å². The molecule has 0 amide bonds. The van der Waals surface area contributed by atoms with Crippen molar-refractivity contribution in [2.24, 2.45) is 0 Å². The van der Waals surface area contributed by atoms with Crippen molar-refractivity contribution >= 4 is 26.9 Å². The SMILES string of the molecule is C[Te]C[C@H]([NH3+])C(=O)[O-]. The maximum absolute atomic E-state index is 9.94. The molecular weight excluding hydrogens is 222 g/mol. The van der Waals surface area contributed by atoms with Crippen LogP contribution in [0.3, 0.4) is 0 Å². The van der Waals surface area contributed by atoms with Gasteiger partial charge in [-0.3, -0.25) is 0 Å². The fraction of sp³-hybridized carbons (Fsp3) is 0.750. The Bertz CT molecular complexity index is 86.1. The summed E-state index contributed by atoms with van der Waals surface area (Å²) in [6, 6.07) is -0.470. The van der Waals surface area contributed by atoms with Gasteiger partial charge < -0.3 is 0 Å². The maximum atomic E-state index is 9.94. The molecule has 8 heavy (non-hydrogen) atoms. The van der Waals surface area contributed by atoms with Crippen molar-refractivity contribution < 1.29 is 15.6 Å². The molecule has 0 aromatic heterocycles. The van der Waals surface area contributed by atoms with Crippen LogP contribution in [0.25, 0.3) is 0 Å². The Morgan fingerprint density at radius 3 is 2.62 bits per heavy atom. The summed E-state index contributed by atoms with van der Waals surface area (Å²) in [6.07, 6.45) is 0. The van der Waals surface area contributed by atoms with Gasteiger partial charge >= 0.3 is 58.0 Å². The molecule has 0 fully saturated rings. The molecule has 0 spiro atoms. The second-order valence-corrected chi connectivity index (χ2v) is 4.07. The summed E-state index contributed by atoms with van der Waals surface area (Å²) >= 11 is -0.0950. The van der Waals surface area contributed by atoms with E-state index in [1.807, 2.05) is 4.97 Å². The molecule has 4 heteroatoms. The molecule has 0 bridgehead atoms. The number of carbonyl (C=O) groups excluding carboxylic acids is 1. The normalized spacial score (nSPS) is 13.2. The average molecular weight is 231 g/mol. The van der Waals surface area contributed by atoms with Crippen LogP contribution in [0.15, 0.2) is 0 Å².